The summed E-state index contributed by atoms with van der Waals surface area (Å²) in [5, 5.41) is 0. The average molecular weight is 234 g/mol. The summed E-state index contributed by atoms with van der Waals surface area (Å²) in [6.07, 6.45) is 2.24. The Morgan fingerprint density at radius 3 is 1.56 bits per heavy atom. The molecule has 0 saturated carbocycles. The molecule has 1 aromatic carbocycles. The molecule has 0 aromatic heterocycles. The Morgan fingerprint density at radius 1 is 0.875 bits per heavy atom. The lowest BCUT2D eigenvalue weighted by molar-refractivity contribution is 0.485. The van der Waals surface area contributed by atoms with Crippen molar-refractivity contribution in [3.05, 3.63) is 35.4 Å². The summed E-state index contributed by atoms with van der Waals surface area (Å²) in [7, 11) is 0.500. The summed E-state index contributed by atoms with van der Waals surface area (Å²) in [6.45, 7) is 3.00. The molecule has 0 aliphatic carbocycles. The molecule has 0 radical (unpaired) electrons. The van der Waals surface area contributed by atoms with Crippen LogP contribution in [0.2, 0.25) is 0 Å². The summed E-state index contributed by atoms with van der Waals surface area (Å²) in [4.78, 5) is 0. The number of halogens is 3. The van der Waals surface area contributed by atoms with Gasteiger partial charge in [-0.25, -0.2) is 4.39 Å². The molecule has 0 spiro atoms. The van der Waals surface area contributed by atoms with E-state index in [0.29, 0.717) is 7.18 Å². The van der Waals surface area contributed by atoms with Crippen LogP contribution in [0.25, 0.3) is 0 Å². The highest BCUT2D eigenvalue weighted by molar-refractivity contribution is 5.21. The SMILES string of the molecule is CCCc1ccc(CF)cc1.CCF.CF. The molecule has 1 rings (SSSR count). The summed E-state index contributed by atoms with van der Waals surface area (Å²) in [5.74, 6) is 0. The third-order valence-corrected chi connectivity index (χ3v) is 1.72. The zero-order chi connectivity index (χ0) is 12.8. The summed E-state index contributed by atoms with van der Waals surface area (Å²) >= 11 is 0. The Morgan fingerprint density at radius 2 is 1.25 bits per heavy atom. The Kier molecular flexibility index (Phi) is 15.2. The van der Waals surface area contributed by atoms with Crippen molar-refractivity contribution < 1.29 is 13.2 Å². The van der Waals surface area contributed by atoms with E-state index in [1.54, 1.807) is 0 Å². The molecular weight excluding hydrogens is 213 g/mol. The van der Waals surface area contributed by atoms with Crippen molar-refractivity contribution in [2.75, 3.05) is 13.9 Å². The third-order valence-electron chi connectivity index (χ3n) is 1.72. The van der Waals surface area contributed by atoms with Gasteiger partial charge in [-0.1, -0.05) is 37.6 Å². The van der Waals surface area contributed by atoms with Gasteiger partial charge in [0, 0.05) is 0 Å². The van der Waals surface area contributed by atoms with Crippen LogP contribution in [0.5, 0.6) is 0 Å². The smallest absolute Gasteiger partial charge is 0.115 e. The van der Waals surface area contributed by atoms with Gasteiger partial charge in [0.1, 0.15) is 6.67 Å². The quantitative estimate of drug-likeness (QED) is 0.713. The molecule has 16 heavy (non-hydrogen) atoms. The van der Waals surface area contributed by atoms with Crippen molar-refractivity contribution in [3.63, 3.8) is 0 Å². The fourth-order valence-corrected chi connectivity index (χ4v) is 1.08. The molecule has 3 heteroatoms. The lowest BCUT2D eigenvalue weighted by atomic mass is 10.1. The first kappa shape index (κ1) is 17.4. The fraction of sp³-hybridized carbons (Fsp3) is 0.538. The van der Waals surface area contributed by atoms with Crippen LogP contribution in [-0.4, -0.2) is 13.9 Å². The van der Waals surface area contributed by atoms with Crippen LogP contribution in [0.4, 0.5) is 13.2 Å². The van der Waals surface area contributed by atoms with E-state index in [2.05, 4.69) is 6.92 Å². The van der Waals surface area contributed by atoms with Gasteiger partial charge in [-0.15, -0.1) is 0 Å². The molecular formula is C13H21F3. The second-order valence-corrected chi connectivity index (χ2v) is 2.97. The van der Waals surface area contributed by atoms with Gasteiger partial charge >= 0.3 is 0 Å². The fourth-order valence-electron chi connectivity index (χ4n) is 1.08. The highest BCUT2D eigenvalue weighted by Gasteiger charge is 1.91. The molecule has 0 saturated heterocycles. The van der Waals surface area contributed by atoms with Gasteiger partial charge in [-0.05, 0) is 24.5 Å². The molecule has 0 nitrogen and oxygen atoms in total. The maximum atomic E-state index is 12.0. The van der Waals surface area contributed by atoms with Crippen molar-refractivity contribution >= 4 is 0 Å². The van der Waals surface area contributed by atoms with Gasteiger partial charge in [0.15, 0.2) is 0 Å². The number of alkyl halides is 3. The number of hydrogen-bond donors (Lipinski definition) is 0. The van der Waals surface area contributed by atoms with E-state index in [1.807, 2.05) is 24.3 Å². The molecule has 0 amide bonds. The van der Waals surface area contributed by atoms with Crippen molar-refractivity contribution in [2.45, 2.75) is 33.4 Å². The van der Waals surface area contributed by atoms with Gasteiger partial charge in [-0.2, -0.15) is 0 Å². The monoisotopic (exact) mass is 234 g/mol. The number of benzene rings is 1. The predicted molar refractivity (Wildman–Crippen MR) is 63.9 cm³/mol. The number of hydrogen-bond acceptors (Lipinski definition) is 0. The van der Waals surface area contributed by atoms with Crippen LogP contribution < -0.4 is 0 Å². The van der Waals surface area contributed by atoms with E-state index in [9.17, 15) is 13.2 Å². The van der Waals surface area contributed by atoms with Crippen LogP contribution in [0.1, 0.15) is 31.4 Å². The van der Waals surface area contributed by atoms with Gasteiger partial charge in [-0.3, -0.25) is 8.78 Å². The van der Waals surface area contributed by atoms with E-state index in [1.165, 1.54) is 12.5 Å². The second-order valence-electron chi connectivity index (χ2n) is 2.97. The van der Waals surface area contributed by atoms with Crippen molar-refractivity contribution in [1.29, 1.82) is 0 Å². The van der Waals surface area contributed by atoms with Gasteiger partial charge < -0.3 is 0 Å². The van der Waals surface area contributed by atoms with Crippen LogP contribution >= 0.6 is 0 Å². The van der Waals surface area contributed by atoms with E-state index in [0.717, 1.165) is 18.4 Å². The number of rotatable bonds is 3. The van der Waals surface area contributed by atoms with Crippen molar-refractivity contribution in [1.82, 2.24) is 0 Å². The Hall–Kier alpha value is -0.990. The first-order chi connectivity index (χ1) is 7.78. The second kappa shape index (κ2) is 14.0. The highest BCUT2D eigenvalue weighted by atomic mass is 19.1. The summed E-state index contributed by atoms with van der Waals surface area (Å²) < 4.78 is 31.8. The van der Waals surface area contributed by atoms with Gasteiger partial charge in [0.05, 0.1) is 13.9 Å². The Labute approximate surface area is 96.5 Å². The van der Waals surface area contributed by atoms with Crippen LogP contribution in [0, 0.1) is 0 Å². The lowest BCUT2D eigenvalue weighted by Gasteiger charge is -1.98. The minimum absolute atomic E-state index is 0.250. The minimum atomic E-state index is -0.355. The van der Waals surface area contributed by atoms with Gasteiger partial charge in [0.25, 0.3) is 0 Å². The predicted octanol–water partition coefficient (Wildman–Crippen LogP) is 4.67. The highest BCUT2D eigenvalue weighted by Crippen LogP contribution is 2.07. The van der Waals surface area contributed by atoms with E-state index < -0.39 is 0 Å². The molecule has 0 heterocycles. The minimum Gasteiger partial charge on any atom is -0.255 e. The maximum absolute atomic E-state index is 12.0. The Bertz CT molecular complexity index is 219. The molecule has 0 aliphatic heterocycles. The zero-order valence-corrected chi connectivity index (χ0v) is 10.3. The molecule has 94 valence electrons. The standard InChI is InChI=1S/C10H13F.C2H5F.CH3F/c1-2-3-9-4-6-10(8-11)7-5-9;1-2-3;1-2/h4-7H,2-3,8H2,1H3;2H2,1H3;1H3. The van der Waals surface area contributed by atoms with E-state index in [4.69, 9.17) is 0 Å². The molecule has 0 fully saturated rings. The summed E-state index contributed by atoms with van der Waals surface area (Å²) in [6, 6.07) is 7.70. The van der Waals surface area contributed by atoms with Crippen LogP contribution in [0.15, 0.2) is 24.3 Å². The third kappa shape index (κ3) is 9.56. The van der Waals surface area contributed by atoms with E-state index >= 15 is 0 Å². The molecule has 1 aromatic rings. The first-order valence-electron chi connectivity index (χ1n) is 5.36. The first-order valence-corrected chi connectivity index (χ1v) is 5.36. The Balaban J connectivity index is 0. The van der Waals surface area contributed by atoms with E-state index in [-0.39, 0.29) is 13.3 Å². The molecule has 0 bridgehead atoms. The maximum Gasteiger partial charge on any atom is 0.115 e. The topological polar surface area (TPSA) is 0 Å². The number of aryl methyl sites for hydroxylation is 1. The molecule has 0 aliphatic rings. The zero-order valence-electron chi connectivity index (χ0n) is 10.3. The van der Waals surface area contributed by atoms with Crippen LogP contribution in [0.3, 0.4) is 0 Å². The summed E-state index contributed by atoms with van der Waals surface area (Å²) in [5.41, 5.74) is 2.06. The average Bonchev–Trinajstić information content (AvgIpc) is 2.34. The van der Waals surface area contributed by atoms with Crippen LogP contribution in [-0.2, 0) is 13.1 Å². The van der Waals surface area contributed by atoms with Crippen molar-refractivity contribution in [3.8, 4) is 0 Å². The van der Waals surface area contributed by atoms with Crippen molar-refractivity contribution in [2.24, 2.45) is 0 Å². The molecule has 0 atom stereocenters. The normalized spacial score (nSPS) is 8.38. The molecule has 0 unspecified atom stereocenters. The lowest BCUT2D eigenvalue weighted by Crippen LogP contribution is -1.83. The van der Waals surface area contributed by atoms with Gasteiger partial charge in [0.2, 0.25) is 0 Å². The largest absolute Gasteiger partial charge is 0.255 e. The molecule has 0 N–H and O–H groups in total.